The predicted molar refractivity (Wildman–Crippen MR) is 212 cm³/mol. The lowest BCUT2D eigenvalue weighted by Gasteiger charge is -2.39. The molecule has 1 aliphatic heterocycles. The first-order valence-electron chi connectivity index (χ1n) is 17.7. The summed E-state index contributed by atoms with van der Waals surface area (Å²) in [6, 6.07) is 65.4. The Morgan fingerprint density at radius 1 is 0.404 bits per heavy atom. The number of para-hydroxylation sites is 2. The molecule has 1 spiro atoms. The van der Waals surface area contributed by atoms with E-state index in [1.165, 1.54) is 60.1 Å². The summed E-state index contributed by atoms with van der Waals surface area (Å²) in [4.78, 5) is 0. The molecule has 0 fully saturated rings. The minimum Gasteiger partial charge on any atom is -0.457 e. The Kier molecular flexibility index (Phi) is 5.98. The van der Waals surface area contributed by atoms with Crippen molar-refractivity contribution in [2.45, 2.75) is 5.41 Å². The number of nitrogens with zero attached hydrogens (tertiary/aromatic N) is 1. The second-order valence-electron chi connectivity index (χ2n) is 13.8. The summed E-state index contributed by atoms with van der Waals surface area (Å²) >= 11 is 0. The second kappa shape index (κ2) is 10.8. The predicted octanol–water partition coefficient (Wildman–Crippen LogP) is 12.8. The van der Waals surface area contributed by atoms with Crippen LogP contribution in [0.5, 0.6) is 11.5 Å². The van der Waals surface area contributed by atoms with Gasteiger partial charge in [-0.2, -0.15) is 5.26 Å². The smallest absolute Gasteiger partial charge is 0.132 e. The maximum absolute atomic E-state index is 10.2. The Morgan fingerprint density at radius 3 is 1.65 bits per heavy atom. The van der Waals surface area contributed by atoms with Crippen LogP contribution in [0.1, 0.15) is 27.8 Å². The normalized spacial score (nSPS) is 13.3. The number of ether oxygens (including phenoxy) is 1. The van der Waals surface area contributed by atoms with Crippen molar-refractivity contribution in [3.63, 3.8) is 0 Å². The molecule has 0 atom stereocenters. The van der Waals surface area contributed by atoms with Gasteiger partial charge in [0, 0.05) is 11.1 Å². The number of rotatable bonds is 2. The molecule has 0 N–H and O–H groups in total. The van der Waals surface area contributed by atoms with E-state index in [9.17, 15) is 5.26 Å². The SMILES string of the molecule is N#Cc1ccc2c(c1)-c1c(-c3c4ccccc4c(-c4ccc5ccccc5c4)c4ccccc34)cccc1C21c2ccccc2Oc2ccccc21. The van der Waals surface area contributed by atoms with Gasteiger partial charge in [-0.25, -0.2) is 0 Å². The van der Waals surface area contributed by atoms with Crippen LogP contribution in [0.2, 0.25) is 0 Å². The fourth-order valence-electron chi connectivity index (χ4n) is 9.31. The van der Waals surface area contributed by atoms with E-state index in [1.807, 2.05) is 18.2 Å². The van der Waals surface area contributed by atoms with E-state index in [4.69, 9.17) is 4.74 Å². The van der Waals surface area contributed by atoms with E-state index in [-0.39, 0.29) is 0 Å². The molecule has 9 aromatic rings. The van der Waals surface area contributed by atoms with E-state index >= 15 is 0 Å². The molecule has 0 saturated heterocycles. The minimum absolute atomic E-state index is 0.628. The lowest BCUT2D eigenvalue weighted by molar-refractivity contribution is 0.436. The molecule has 2 nitrogen and oxygen atoms in total. The van der Waals surface area contributed by atoms with Crippen LogP contribution >= 0.6 is 0 Å². The van der Waals surface area contributed by atoms with Gasteiger partial charge >= 0.3 is 0 Å². The highest BCUT2D eigenvalue weighted by atomic mass is 16.5. The molecule has 9 aromatic carbocycles. The first kappa shape index (κ1) is 28.8. The Balaban J connectivity index is 1.29. The molecule has 1 aliphatic carbocycles. The molecule has 0 aromatic heterocycles. The van der Waals surface area contributed by atoms with Crippen molar-refractivity contribution >= 4 is 32.3 Å². The maximum atomic E-state index is 10.2. The van der Waals surface area contributed by atoms with Gasteiger partial charge in [-0.05, 0) is 107 Å². The van der Waals surface area contributed by atoms with Crippen LogP contribution in [0.4, 0.5) is 0 Å². The van der Waals surface area contributed by atoms with E-state index < -0.39 is 5.41 Å². The van der Waals surface area contributed by atoms with Gasteiger partial charge in [0.25, 0.3) is 0 Å². The average Bonchev–Trinajstić information content (AvgIpc) is 3.50. The summed E-state index contributed by atoms with van der Waals surface area (Å²) in [5.41, 5.74) is 11.6. The first-order valence-corrected chi connectivity index (χ1v) is 17.7. The van der Waals surface area contributed by atoms with E-state index in [0.717, 1.165) is 39.3 Å². The molecule has 1 heterocycles. The summed E-state index contributed by atoms with van der Waals surface area (Å²) in [6.07, 6.45) is 0. The summed E-state index contributed by atoms with van der Waals surface area (Å²) in [5.74, 6) is 1.70. The van der Waals surface area contributed by atoms with Gasteiger partial charge in [-0.15, -0.1) is 0 Å². The van der Waals surface area contributed by atoms with Crippen molar-refractivity contribution in [1.29, 1.82) is 5.26 Å². The Bertz CT molecular complexity index is 2920. The molecule has 240 valence electrons. The van der Waals surface area contributed by atoms with Crippen LogP contribution in [0.3, 0.4) is 0 Å². The zero-order valence-electron chi connectivity index (χ0n) is 28.1. The molecule has 11 rings (SSSR count). The average molecular weight is 660 g/mol. The fourth-order valence-corrected chi connectivity index (χ4v) is 9.31. The van der Waals surface area contributed by atoms with Crippen molar-refractivity contribution in [2.75, 3.05) is 0 Å². The molecule has 2 heteroatoms. The zero-order valence-corrected chi connectivity index (χ0v) is 28.1. The quantitative estimate of drug-likeness (QED) is 0.173. The molecule has 0 amide bonds. The Labute approximate surface area is 301 Å². The molecule has 0 saturated carbocycles. The van der Waals surface area contributed by atoms with Gasteiger partial charge in [0.2, 0.25) is 0 Å². The molecule has 52 heavy (non-hydrogen) atoms. The van der Waals surface area contributed by atoms with E-state index in [1.54, 1.807) is 0 Å². The first-order chi connectivity index (χ1) is 25.8. The third kappa shape index (κ3) is 3.77. The molecular formula is C50H29NO. The van der Waals surface area contributed by atoms with Gasteiger partial charge in [-0.3, -0.25) is 0 Å². The Morgan fingerprint density at radius 2 is 0.981 bits per heavy atom. The highest BCUT2D eigenvalue weighted by Crippen LogP contribution is 2.64. The molecule has 2 aliphatic rings. The number of nitriles is 1. The van der Waals surface area contributed by atoms with Gasteiger partial charge < -0.3 is 4.74 Å². The van der Waals surface area contributed by atoms with Crippen LogP contribution in [0, 0.1) is 11.3 Å². The standard InChI is InChI=1S/C50H29NO/c51-30-31-24-27-41-40(28-31)49-39(18-11-21-44(49)50(41)42-19-7-9-22-45(42)52-46-23-10-8-20-43(46)50)48-37-16-5-3-14-35(37)47(36-15-4-6-17-38(36)48)34-26-25-32-12-1-2-13-33(32)29-34/h1-29H. The summed E-state index contributed by atoms with van der Waals surface area (Å²) in [5, 5.41) is 17.5. The number of hydrogen-bond donors (Lipinski definition) is 0. The molecule has 0 radical (unpaired) electrons. The van der Waals surface area contributed by atoms with E-state index in [2.05, 4.69) is 164 Å². The summed E-state index contributed by atoms with van der Waals surface area (Å²) in [7, 11) is 0. The number of benzene rings is 9. The van der Waals surface area contributed by atoms with Crippen molar-refractivity contribution in [3.8, 4) is 50.9 Å². The van der Waals surface area contributed by atoms with Crippen molar-refractivity contribution in [2.24, 2.45) is 0 Å². The van der Waals surface area contributed by atoms with Gasteiger partial charge in [0.05, 0.1) is 17.0 Å². The zero-order chi connectivity index (χ0) is 34.4. The highest BCUT2D eigenvalue weighted by molar-refractivity contribution is 6.23. The van der Waals surface area contributed by atoms with Crippen LogP contribution in [-0.2, 0) is 5.41 Å². The lowest BCUT2D eigenvalue weighted by Crippen LogP contribution is -2.32. The number of hydrogen-bond acceptors (Lipinski definition) is 2. The minimum atomic E-state index is -0.628. The third-order valence-electron chi connectivity index (χ3n) is 11.3. The second-order valence-corrected chi connectivity index (χ2v) is 13.8. The topological polar surface area (TPSA) is 33.0 Å². The van der Waals surface area contributed by atoms with Gasteiger partial charge in [-0.1, -0.05) is 146 Å². The van der Waals surface area contributed by atoms with Gasteiger partial charge in [0.1, 0.15) is 11.5 Å². The van der Waals surface area contributed by atoms with Crippen LogP contribution in [0.15, 0.2) is 176 Å². The third-order valence-corrected chi connectivity index (χ3v) is 11.3. The van der Waals surface area contributed by atoms with Crippen LogP contribution in [-0.4, -0.2) is 0 Å². The van der Waals surface area contributed by atoms with Crippen molar-refractivity contribution in [1.82, 2.24) is 0 Å². The molecule has 0 unspecified atom stereocenters. The van der Waals surface area contributed by atoms with Crippen LogP contribution < -0.4 is 4.74 Å². The highest BCUT2D eigenvalue weighted by Gasteiger charge is 2.51. The van der Waals surface area contributed by atoms with Crippen molar-refractivity contribution < 1.29 is 4.74 Å². The maximum Gasteiger partial charge on any atom is 0.132 e. The molecule has 0 bridgehead atoms. The number of fused-ring (bicyclic) bond motifs is 12. The summed E-state index contributed by atoms with van der Waals surface area (Å²) in [6.45, 7) is 0. The molecular weight excluding hydrogens is 631 g/mol. The lowest BCUT2D eigenvalue weighted by atomic mass is 9.66. The van der Waals surface area contributed by atoms with E-state index in [0.29, 0.717) is 5.56 Å². The van der Waals surface area contributed by atoms with Crippen LogP contribution in [0.25, 0.3) is 65.7 Å². The monoisotopic (exact) mass is 659 g/mol. The summed E-state index contributed by atoms with van der Waals surface area (Å²) < 4.78 is 6.60. The van der Waals surface area contributed by atoms with Crippen molar-refractivity contribution in [3.05, 3.63) is 204 Å². The largest absolute Gasteiger partial charge is 0.457 e. The Hall–Kier alpha value is -6.95. The fraction of sp³-hybridized carbons (Fsp3) is 0.0200. The van der Waals surface area contributed by atoms with Gasteiger partial charge in [0.15, 0.2) is 0 Å².